The lowest BCUT2D eigenvalue weighted by Crippen LogP contribution is -2.42. The Kier molecular flexibility index (Phi) is 2.87. The molecule has 0 radical (unpaired) electrons. The van der Waals surface area contributed by atoms with Gasteiger partial charge in [-0.15, -0.1) is 0 Å². The van der Waals surface area contributed by atoms with Gasteiger partial charge in [0.05, 0.1) is 6.04 Å². The van der Waals surface area contributed by atoms with Crippen LogP contribution in [-0.2, 0) is 4.79 Å². The van der Waals surface area contributed by atoms with Crippen LogP contribution in [0.15, 0.2) is 0 Å². The summed E-state index contributed by atoms with van der Waals surface area (Å²) in [6.07, 6.45) is 0. The first-order valence-electron chi connectivity index (χ1n) is 3.14. The van der Waals surface area contributed by atoms with Gasteiger partial charge < -0.3 is 11.1 Å². The van der Waals surface area contributed by atoms with Gasteiger partial charge in [0.25, 0.3) is 0 Å². The molecule has 0 aromatic carbocycles. The lowest BCUT2D eigenvalue weighted by Gasteiger charge is -2.10. The summed E-state index contributed by atoms with van der Waals surface area (Å²) in [6.45, 7) is 2.22. The summed E-state index contributed by atoms with van der Waals surface area (Å²) in [5.41, 5.74) is 5.51. The third-order valence-electron chi connectivity index (χ3n) is 1.39. The largest absolute Gasteiger partial charge is 0.353 e. The number of nitrogens with zero attached hydrogens (tertiary/aromatic N) is 1. The molecule has 0 saturated carbocycles. The van der Waals surface area contributed by atoms with Crippen molar-refractivity contribution >= 4 is 28.8 Å². The van der Waals surface area contributed by atoms with Crippen LogP contribution in [-0.4, -0.2) is 34.7 Å². The van der Waals surface area contributed by atoms with E-state index in [4.69, 9.17) is 5.73 Å². The van der Waals surface area contributed by atoms with Crippen molar-refractivity contribution in [3.05, 3.63) is 0 Å². The Balaban J connectivity index is 2.49. The molecule has 1 amide bonds. The van der Waals surface area contributed by atoms with Crippen LogP contribution >= 0.6 is 22.9 Å². The van der Waals surface area contributed by atoms with Gasteiger partial charge in [0.2, 0.25) is 5.91 Å². The summed E-state index contributed by atoms with van der Waals surface area (Å²) in [7, 11) is 0. The van der Waals surface area contributed by atoms with Crippen LogP contribution in [0.4, 0.5) is 0 Å². The minimum Gasteiger partial charge on any atom is -0.353 e. The number of amides is 1. The van der Waals surface area contributed by atoms with E-state index >= 15 is 0 Å². The SMILES string of the molecule is NC1CN(I)CCNC1=O. The Morgan fingerprint density at radius 3 is 3.20 bits per heavy atom. The molecule has 0 bridgehead atoms. The summed E-state index contributed by atoms with van der Waals surface area (Å²) in [4.78, 5) is 10.9. The van der Waals surface area contributed by atoms with E-state index in [-0.39, 0.29) is 11.9 Å². The van der Waals surface area contributed by atoms with Crippen LogP contribution in [0, 0.1) is 0 Å². The van der Waals surface area contributed by atoms with E-state index in [2.05, 4.69) is 28.2 Å². The maximum absolute atomic E-state index is 10.9. The van der Waals surface area contributed by atoms with E-state index in [0.717, 1.165) is 6.54 Å². The highest BCUT2D eigenvalue weighted by Crippen LogP contribution is 2.01. The van der Waals surface area contributed by atoms with Crippen LogP contribution in [0.5, 0.6) is 0 Å². The first-order valence-corrected chi connectivity index (χ1v) is 4.10. The maximum Gasteiger partial charge on any atom is 0.238 e. The van der Waals surface area contributed by atoms with Crippen LogP contribution < -0.4 is 11.1 Å². The summed E-state index contributed by atoms with van der Waals surface area (Å²) >= 11 is 2.17. The fourth-order valence-corrected chi connectivity index (χ4v) is 1.48. The number of halogens is 1. The van der Waals surface area contributed by atoms with Crippen molar-refractivity contribution in [1.29, 1.82) is 0 Å². The van der Waals surface area contributed by atoms with Gasteiger partial charge in [-0.25, -0.2) is 3.11 Å². The quantitative estimate of drug-likeness (QED) is 0.435. The highest BCUT2D eigenvalue weighted by atomic mass is 127. The van der Waals surface area contributed by atoms with Crippen molar-refractivity contribution in [2.75, 3.05) is 19.6 Å². The second-order valence-corrected chi connectivity index (χ2v) is 3.63. The molecule has 1 atom stereocenters. The predicted molar refractivity (Wildman–Crippen MR) is 46.6 cm³/mol. The molecule has 0 aromatic heterocycles. The molecular formula is C5H10IN3O. The molecule has 1 heterocycles. The number of rotatable bonds is 0. The molecular weight excluding hydrogens is 245 g/mol. The van der Waals surface area contributed by atoms with Gasteiger partial charge in [-0.2, -0.15) is 0 Å². The average Bonchev–Trinajstić information content (AvgIpc) is 1.96. The Labute approximate surface area is 73.6 Å². The van der Waals surface area contributed by atoms with Crippen LogP contribution in [0.2, 0.25) is 0 Å². The zero-order chi connectivity index (χ0) is 7.56. The number of hydrogen-bond acceptors (Lipinski definition) is 3. The molecule has 58 valence electrons. The Hall–Kier alpha value is 0.120. The second-order valence-electron chi connectivity index (χ2n) is 2.27. The Morgan fingerprint density at radius 1 is 1.80 bits per heavy atom. The molecule has 1 saturated heterocycles. The highest BCUT2D eigenvalue weighted by molar-refractivity contribution is 14.1. The molecule has 10 heavy (non-hydrogen) atoms. The van der Waals surface area contributed by atoms with Crippen molar-refractivity contribution in [2.45, 2.75) is 6.04 Å². The zero-order valence-corrected chi connectivity index (χ0v) is 7.67. The first-order chi connectivity index (χ1) is 4.70. The molecule has 0 aliphatic carbocycles. The van der Waals surface area contributed by atoms with Crippen LogP contribution in [0.25, 0.3) is 0 Å². The molecule has 0 aromatic rings. The van der Waals surface area contributed by atoms with E-state index in [1.54, 1.807) is 0 Å². The number of carbonyl (C=O) groups excluding carboxylic acids is 1. The minimum absolute atomic E-state index is 0.0424. The summed E-state index contributed by atoms with van der Waals surface area (Å²) in [6, 6.07) is -0.362. The normalized spacial score (nSPS) is 29.4. The highest BCUT2D eigenvalue weighted by Gasteiger charge is 2.19. The lowest BCUT2D eigenvalue weighted by atomic mass is 10.3. The molecule has 1 unspecified atom stereocenters. The van der Waals surface area contributed by atoms with Gasteiger partial charge in [-0.05, 0) is 0 Å². The molecule has 5 heteroatoms. The maximum atomic E-state index is 10.9. The fourth-order valence-electron chi connectivity index (χ4n) is 0.819. The molecule has 1 aliphatic rings. The molecule has 0 spiro atoms. The topological polar surface area (TPSA) is 58.4 Å². The summed E-state index contributed by atoms with van der Waals surface area (Å²) in [5.74, 6) is -0.0424. The van der Waals surface area contributed by atoms with Gasteiger partial charge in [0.1, 0.15) is 0 Å². The molecule has 3 N–H and O–H groups in total. The Bertz CT molecular complexity index is 141. The number of nitrogens with one attached hydrogen (secondary N) is 1. The smallest absolute Gasteiger partial charge is 0.238 e. The summed E-state index contributed by atoms with van der Waals surface area (Å²) in [5, 5.41) is 2.71. The van der Waals surface area contributed by atoms with E-state index in [9.17, 15) is 4.79 Å². The number of hydrogen-bond donors (Lipinski definition) is 2. The van der Waals surface area contributed by atoms with Crippen LogP contribution in [0.1, 0.15) is 0 Å². The van der Waals surface area contributed by atoms with Gasteiger partial charge in [-0.1, -0.05) is 0 Å². The molecule has 4 nitrogen and oxygen atoms in total. The molecule has 1 aliphatic heterocycles. The fraction of sp³-hybridized carbons (Fsp3) is 0.800. The van der Waals surface area contributed by atoms with E-state index < -0.39 is 0 Å². The molecule has 1 fully saturated rings. The predicted octanol–water partition coefficient (Wildman–Crippen LogP) is -0.904. The zero-order valence-electron chi connectivity index (χ0n) is 5.51. The number of nitrogens with two attached hydrogens (primary N) is 1. The second kappa shape index (κ2) is 3.49. The van der Waals surface area contributed by atoms with Gasteiger partial charge in [-0.3, -0.25) is 4.79 Å². The third kappa shape index (κ3) is 2.06. The van der Waals surface area contributed by atoms with E-state index in [0.29, 0.717) is 13.1 Å². The number of carbonyl (C=O) groups is 1. The molecule has 1 rings (SSSR count). The minimum atomic E-state index is -0.362. The lowest BCUT2D eigenvalue weighted by molar-refractivity contribution is -0.121. The standard InChI is InChI=1S/C5H10IN3O/c6-9-2-1-8-5(10)4(7)3-9/h4H,1-3,7H2,(H,8,10). The van der Waals surface area contributed by atoms with E-state index in [1.807, 2.05) is 3.11 Å². The summed E-state index contributed by atoms with van der Waals surface area (Å²) < 4.78 is 2.01. The van der Waals surface area contributed by atoms with Gasteiger partial charge >= 0.3 is 0 Å². The Morgan fingerprint density at radius 2 is 2.50 bits per heavy atom. The van der Waals surface area contributed by atoms with Crippen molar-refractivity contribution in [3.63, 3.8) is 0 Å². The first kappa shape index (κ1) is 8.22. The van der Waals surface area contributed by atoms with Gasteiger partial charge in [0, 0.05) is 42.5 Å². The van der Waals surface area contributed by atoms with Crippen molar-refractivity contribution in [3.8, 4) is 0 Å². The van der Waals surface area contributed by atoms with Gasteiger partial charge in [0.15, 0.2) is 0 Å². The average molecular weight is 255 g/mol. The van der Waals surface area contributed by atoms with Crippen molar-refractivity contribution in [2.24, 2.45) is 5.73 Å². The third-order valence-corrected chi connectivity index (χ3v) is 2.26. The monoisotopic (exact) mass is 255 g/mol. The van der Waals surface area contributed by atoms with Crippen molar-refractivity contribution < 1.29 is 4.79 Å². The van der Waals surface area contributed by atoms with Crippen LogP contribution in [0.3, 0.4) is 0 Å². The van der Waals surface area contributed by atoms with Crippen molar-refractivity contribution in [1.82, 2.24) is 8.43 Å². The van der Waals surface area contributed by atoms with E-state index in [1.165, 1.54) is 0 Å².